The molecule has 4 nitrogen and oxygen atoms in total. The Balaban J connectivity index is 2.17. The summed E-state index contributed by atoms with van der Waals surface area (Å²) in [4.78, 5) is 11.4. The number of ether oxygens (including phenoxy) is 2. The molecule has 0 saturated carbocycles. The number of hydrogen-bond donors (Lipinski definition) is 1. The zero-order valence-corrected chi connectivity index (χ0v) is 10.4. The maximum absolute atomic E-state index is 11.4. The van der Waals surface area contributed by atoms with E-state index in [0.29, 0.717) is 18.9 Å². The lowest BCUT2D eigenvalue weighted by Gasteiger charge is -2.07. The molecule has 0 aliphatic carbocycles. The van der Waals surface area contributed by atoms with Gasteiger partial charge in [-0.15, -0.1) is 0 Å². The number of carbonyl (C=O) groups excluding carboxylic acids is 1. The van der Waals surface area contributed by atoms with E-state index in [1.54, 1.807) is 7.11 Å². The van der Waals surface area contributed by atoms with Gasteiger partial charge in [-0.1, -0.05) is 17.7 Å². The largest absolute Gasteiger partial charge is 0.484 e. The standard InChI is InChI=1S/C13H19NO3/c1-11-4-6-12(7-5-11)17-10-13(15)14-8-3-9-16-2/h4-7H,3,8-10H2,1-2H3,(H,14,15). The molecule has 1 amide bonds. The molecule has 17 heavy (non-hydrogen) atoms. The molecule has 0 aliphatic heterocycles. The molecule has 0 spiro atoms. The number of nitrogens with one attached hydrogen (secondary N) is 1. The monoisotopic (exact) mass is 237 g/mol. The van der Waals surface area contributed by atoms with E-state index in [1.807, 2.05) is 31.2 Å². The van der Waals surface area contributed by atoms with E-state index in [1.165, 1.54) is 5.56 Å². The van der Waals surface area contributed by atoms with Crippen molar-refractivity contribution in [1.82, 2.24) is 5.32 Å². The van der Waals surface area contributed by atoms with Gasteiger partial charge >= 0.3 is 0 Å². The number of amides is 1. The van der Waals surface area contributed by atoms with Gasteiger partial charge in [-0.25, -0.2) is 0 Å². The highest BCUT2D eigenvalue weighted by Crippen LogP contribution is 2.10. The maximum atomic E-state index is 11.4. The minimum absolute atomic E-state index is 0.0516. The fraction of sp³-hybridized carbons (Fsp3) is 0.462. The minimum Gasteiger partial charge on any atom is -0.484 e. The third-order valence-corrected chi connectivity index (χ3v) is 2.24. The summed E-state index contributed by atoms with van der Waals surface area (Å²) in [6.07, 6.45) is 0.812. The van der Waals surface area contributed by atoms with Crippen LogP contribution in [0, 0.1) is 6.92 Å². The number of rotatable bonds is 7. The Morgan fingerprint density at radius 3 is 2.65 bits per heavy atom. The van der Waals surface area contributed by atoms with Gasteiger partial charge in [0, 0.05) is 20.3 Å². The van der Waals surface area contributed by atoms with Crippen LogP contribution in [-0.4, -0.2) is 32.8 Å². The highest BCUT2D eigenvalue weighted by Gasteiger charge is 2.01. The van der Waals surface area contributed by atoms with Crippen molar-refractivity contribution in [3.63, 3.8) is 0 Å². The van der Waals surface area contributed by atoms with E-state index in [4.69, 9.17) is 9.47 Å². The summed E-state index contributed by atoms with van der Waals surface area (Å²) in [6.45, 7) is 3.32. The van der Waals surface area contributed by atoms with E-state index in [0.717, 1.165) is 6.42 Å². The summed E-state index contributed by atoms with van der Waals surface area (Å²) in [5, 5.41) is 2.76. The van der Waals surface area contributed by atoms with Crippen LogP contribution in [0.3, 0.4) is 0 Å². The summed E-state index contributed by atoms with van der Waals surface area (Å²) < 4.78 is 10.2. The molecule has 0 saturated heterocycles. The van der Waals surface area contributed by atoms with Crippen molar-refractivity contribution in [3.05, 3.63) is 29.8 Å². The van der Waals surface area contributed by atoms with Crippen LogP contribution in [0.5, 0.6) is 5.75 Å². The van der Waals surface area contributed by atoms with E-state index in [-0.39, 0.29) is 12.5 Å². The lowest BCUT2D eigenvalue weighted by molar-refractivity contribution is -0.123. The van der Waals surface area contributed by atoms with Gasteiger partial charge in [0.05, 0.1) is 0 Å². The van der Waals surface area contributed by atoms with Crippen LogP contribution in [-0.2, 0) is 9.53 Å². The van der Waals surface area contributed by atoms with Crippen molar-refractivity contribution < 1.29 is 14.3 Å². The van der Waals surface area contributed by atoms with Gasteiger partial charge in [0.15, 0.2) is 6.61 Å². The second-order valence-electron chi connectivity index (χ2n) is 3.80. The zero-order valence-electron chi connectivity index (χ0n) is 10.4. The van der Waals surface area contributed by atoms with Crippen molar-refractivity contribution in [2.45, 2.75) is 13.3 Å². The van der Waals surface area contributed by atoms with Gasteiger partial charge in [0.25, 0.3) is 5.91 Å². The predicted octanol–water partition coefficient (Wildman–Crippen LogP) is 1.53. The topological polar surface area (TPSA) is 47.6 Å². The SMILES string of the molecule is COCCCNC(=O)COc1ccc(C)cc1. The molecule has 0 aromatic heterocycles. The van der Waals surface area contributed by atoms with E-state index in [9.17, 15) is 4.79 Å². The Bertz CT molecular complexity index is 335. The number of carbonyl (C=O) groups is 1. The van der Waals surface area contributed by atoms with Crippen molar-refractivity contribution in [3.8, 4) is 5.75 Å². The molecule has 1 N–H and O–H groups in total. The summed E-state index contributed by atoms with van der Waals surface area (Å²) in [6, 6.07) is 7.61. The van der Waals surface area contributed by atoms with Gasteiger partial charge in [-0.2, -0.15) is 0 Å². The molecular formula is C13H19NO3. The lowest BCUT2D eigenvalue weighted by Crippen LogP contribution is -2.30. The lowest BCUT2D eigenvalue weighted by atomic mass is 10.2. The fourth-order valence-electron chi connectivity index (χ4n) is 1.28. The second-order valence-corrected chi connectivity index (χ2v) is 3.80. The Morgan fingerprint density at radius 2 is 2.00 bits per heavy atom. The fourth-order valence-corrected chi connectivity index (χ4v) is 1.28. The van der Waals surface area contributed by atoms with E-state index in [2.05, 4.69) is 5.32 Å². The van der Waals surface area contributed by atoms with Crippen molar-refractivity contribution >= 4 is 5.91 Å². The maximum Gasteiger partial charge on any atom is 0.257 e. The first-order valence-electron chi connectivity index (χ1n) is 5.67. The van der Waals surface area contributed by atoms with Crippen LogP contribution in [0.25, 0.3) is 0 Å². The molecule has 1 aromatic carbocycles. The molecule has 94 valence electrons. The molecule has 0 heterocycles. The van der Waals surface area contributed by atoms with Gasteiger partial charge < -0.3 is 14.8 Å². The smallest absolute Gasteiger partial charge is 0.257 e. The molecule has 0 unspecified atom stereocenters. The average Bonchev–Trinajstić information content (AvgIpc) is 2.34. The first-order valence-corrected chi connectivity index (χ1v) is 5.67. The minimum atomic E-state index is -0.110. The quantitative estimate of drug-likeness (QED) is 0.731. The van der Waals surface area contributed by atoms with Crippen LogP contribution in [0.2, 0.25) is 0 Å². The van der Waals surface area contributed by atoms with E-state index >= 15 is 0 Å². The molecule has 0 fully saturated rings. The molecule has 0 bridgehead atoms. The number of methoxy groups -OCH3 is 1. The number of aryl methyl sites for hydroxylation is 1. The highest BCUT2D eigenvalue weighted by molar-refractivity contribution is 5.77. The molecular weight excluding hydrogens is 218 g/mol. The van der Waals surface area contributed by atoms with Gasteiger partial charge in [0.1, 0.15) is 5.75 Å². The highest BCUT2D eigenvalue weighted by atomic mass is 16.5. The van der Waals surface area contributed by atoms with Crippen molar-refractivity contribution in [1.29, 1.82) is 0 Å². The molecule has 0 radical (unpaired) electrons. The predicted molar refractivity (Wildman–Crippen MR) is 66.2 cm³/mol. The number of benzene rings is 1. The van der Waals surface area contributed by atoms with E-state index < -0.39 is 0 Å². The Labute approximate surface area is 102 Å². The normalized spacial score (nSPS) is 10.0. The first kappa shape index (κ1) is 13.5. The van der Waals surface area contributed by atoms with Crippen LogP contribution in [0.15, 0.2) is 24.3 Å². The Hall–Kier alpha value is -1.55. The Morgan fingerprint density at radius 1 is 1.29 bits per heavy atom. The van der Waals surface area contributed by atoms with Crippen LogP contribution >= 0.6 is 0 Å². The molecule has 0 aliphatic rings. The van der Waals surface area contributed by atoms with Crippen molar-refractivity contribution in [2.75, 3.05) is 26.9 Å². The molecule has 4 heteroatoms. The third-order valence-electron chi connectivity index (χ3n) is 2.24. The summed E-state index contributed by atoms with van der Waals surface area (Å²) in [5.41, 5.74) is 1.17. The summed E-state index contributed by atoms with van der Waals surface area (Å²) in [7, 11) is 1.64. The zero-order chi connectivity index (χ0) is 12.5. The van der Waals surface area contributed by atoms with Gasteiger partial charge in [-0.3, -0.25) is 4.79 Å². The second kappa shape index (κ2) is 7.68. The van der Waals surface area contributed by atoms with Crippen molar-refractivity contribution in [2.24, 2.45) is 0 Å². The molecule has 1 rings (SSSR count). The third kappa shape index (κ3) is 5.92. The van der Waals surface area contributed by atoms with Crippen LogP contribution in [0.1, 0.15) is 12.0 Å². The Kier molecular flexibility index (Phi) is 6.10. The van der Waals surface area contributed by atoms with Crippen LogP contribution < -0.4 is 10.1 Å². The van der Waals surface area contributed by atoms with Gasteiger partial charge in [-0.05, 0) is 25.5 Å². The van der Waals surface area contributed by atoms with Gasteiger partial charge in [0.2, 0.25) is 0 Å². The molecule has 1 aromatic rings. The molecule has 0 atom stereocenters. The van der Waals surface area contributed by atoms with Crippen LogP contribution in [0.4, 0.5) is 0 Å². The number of hydrogen-bond acceptors (Lipinski definition) is 3. The summed E-state index contributed by atoms with van der Waals surface area (Å²) >= 11 is 0. The summed E-state index contributed by atoms with van der Waals surface area (Å²) in [5.74, 6) is 0.601. The average molecular weight is 237 g/mol. The first-order chi connectivity index (χ1) is 8.22.